The Kier molecular flexibility index (Phi) is 12.8. The fraction of sp³-hybridized carbons (Fsp3) is 0.947. The molecule has 26 heavy (non-hydrogen) atoms. The number of ether oxygens (including phenoxy) is 1. The number of halogens is 1. The van der Waals surface area contributed by atoms with Crippen LogP contribution in [0.15, 0.2) is 4.99 Å². The zero-order valence-electron chi connectivity index (χ0n) is 17.1. The van der Waals surface area contributed by atoms with Gasteiger partial charge in [0.05, 0.1) is 6.61 Å². The third kappa shape index (κ3) is 8.71. The molecule has 1 N–H and O–H groups in total. The molecule has 2 heterocycles. The fourth-order valence-corrected chi connectivity index (χ4v) is 3.63. The first-order chi connectivity index (χ1) is 12.2. The molecular weight excluding hydrogens is 441 g/mol. The van der Waals surface area contributed by atoms with Crippen LogP contribution in [0.4, 0.5) is 0 Å². The first-order valence-corrected chi connectivity index (χ1v) is 10.2. The van der Waals surface area contributed by atoms with Gasteiger partial charge in [-0.1, -0.05) is 6.92 Å². The van der Waals surface area contributed by atoms with E-state index in [-0.39, 0.29) is 24.0 Å². The maximum absolute atomic E-state index is 5.49. The Morgan fingerprint density at radius 2 is 1.88 bits per heavy atom. The summed E-state index contributed by atoms with van der Waals surface area (Å²) in [5.41, 5.74) is 0. The Balaban J connectivity index is 0.00000338. The van der Waals surface area contributed by atoms with Crippen molar-refractivity contribution in [3.8, 4) is 0 Å². The highest BCUT2D eigenvalue weighted by Gasteiger charge is 2.19. The SMILES string of the molecule is CCNC(=NCCCCN1CCN(CC)CC1)N(C)CC1CCOC1.I. The molecule has 0 saturated carbocycles. The first-order valence-electron chi connectivity index (χ1n) is 10.2. The molecule has 0 amide bonds. The van der Waals surface area contributed by atoms with E-state index in [9.17, 15) is 0 Å². The predicted octanol–water partition coefficient (Wildman–Crippen LogP) is 1.96. The van der Waals surface area contributed by atoms with E-state index in [1.165, 1.54) is 58.5 Å². The lowest BCUT2D eigenvalue weighted by Gasteiger charge is -2.33. The van der Waals surface area contributed by atoms with E-state index in [4.69, 9.17) is 9.73 Å². The smallest absolute Gasteiger partial charge is 0.193 e. The monoisotopic (exact) mass is 481 g/mol. The number of likely N-dealkylation sites (N-methyl/N-ethyl adjacent to an activating group) is 1. The van der Waals surface area contributed by atoms with Crippen LogP contribution in [0.25, 0.3) is 0 Å². The number of piperazine rings is 1. The summed E-state index contributed by atoms with van der Waals surface area (Å²) in [5.74, 6) is 1.70. The van der Waals surface area contributed by atoms with Crippen LogP contribution in [0.5, 0.6) is 0 Å². The Labute approximate surface area is 177 Å². The average molecular weight is 481 g/mol. The van der Waals surface area contributed by atoms with Gasteiger partial charge in [-0.3, -0.25) is 4.99 Å². The summed E-state index contributed by atoms with van der Waals surface area (Å²) < 4.78 is 5.49. The largest absolute Gasteiger partial charge is 0.381 e. The number of guanidine groups is 1. The van der Waals surface area contributed by atoms with E-state index in [1.54, 1.807) is 0 Å². The standard InChI is InChI=1S/C19H39N5O.HI/c1-4-20-19(22(3)16-18-8-15-25-17-18)21-9-6-7-10-24-13-11-23(5-2)12-14-24;/h18H,4-17H2,1-3H3,(H,20,21);1H. The Hall–Kier alpha value is -0.120. The molecule has 0 radical (unpaired) electrons. The number of nitrogens with zero attached hydrogens (tertiary/aromatic N) is 4. The van der Waals surface area contributed by atoms with E-state index < -0.39 is 0 Å². The maximum Gasteiger partial charge on any atom is 0.193 e. The topological polar surface area (TPSA) is 43.3 Å². The van der Waals surface area contributed by atoms with E-state index in [0.29, 0.717) is 5.92 Å². The third-order valence-electron chi connectivity index (χ3n) is 5.31. The highest BCUT2D eigenvalue weighted by atomic mass is 127. The Bertz CT molecular complexity index is 382. The summed E-state index contributed by atoms with van der Waals surface area (Å²) >= 11 is 0. The number of hydrogen-bond acceptors (Lipinski definition) is 4. The molecule has 7 heteroatoms. The molecule has 154 valence electrons. The van der Waals surface area contributed by atoms with Crippen molar-refractivity contribution in [1.82, 2.24) is 20.0 Å². The van der Waals surface area contributed by atoms with Gasteiger partial charge in [0.15, 0.2) is 5.96 Å². The van der Waals surface area contributed by atoms with Gasteiger partial charge in [-0.15, -0.1) is 24.0 Å². The van der Waals surface area contributed by atoms with Crippen LogP contribution in [0.1, 0.15) is 33.1 Å². The molecule has 0 spiro atoms. The second-order valence-electron chi connectivity index (χ2n) is 7.33. The van der Waals surface area contributed by atoms with Crippen molar-refractivity contribution in [3.63, 3.8) is 0 Å². The van der Waals surface area contributed by atoms with Crippen LogP contribution in [0, 0.1) is 5.92 Å². The molecule has 0 aromatic rings. The number of unbranched alkanes of at least 4 members (excludes halogenated alkanes) is 1. The molecule has 1 atom stereocenters. The molecule has 2 rings (SSSR count). The second-order valence-corrected chi connectivity index (χ2v) is 7.33. The highest BCUT2D eigenvalue weighted by molar-refractivity contribution is 14.0. The summed E-state index contributed by atoms with van der Waals surface area (Å²) in [6.45, 7) is 16.4. The van der Waals surface area contributed by atoms with Crippen molar-refractivity contribution in [3.05, 3.63) is 0 Å². The minimum atomic E-state index is 0. The minimum absolute atomic E-state index is 0. The van der Waals surface area contributed by atoms with Gasteiger partial charge >= 0.3 is 0 Å². The third-order valence-corrected chi connectivity index (χ3v) is 5.31. The molecule has 6 nitrogen and oxygen atoms in total. The summed E-state index contributed by atoms with van der Waals surface area (Å²) in [5, 5.41) is 3.43. The van der Waals surface area contributed by atoms with Crippen LogP contribution in [0.3, 0.4) is 0 Å². The van der Waals surface area contributed by atoms with Crippen molar-refractivity contribution in [2.24, 2.45) is 10.9 Å². The van der Waals surface area contributed by atoms with Gasteiger partial charge in [0, 0.05) is 65.4 Å². The molecule has 2 aliphatic heterocycles. The van der Waals surface area contributed by atoms with Gasteiger partial charge in [0.25, 0.3) is 0 Å². The molecule has 0 bridgehead atoms. The van der Waals surface area contributed by atoms with Crippen molar-refractivity contribution < 1.29 is 4.74 Å². The zero-order valence-corrected chi connectivity index (χ0v) is 19.4. The molecule has 1 unspecified atom stereocenters. The lowest BCUT2D eigenvalue weighted by molar-refractivity contribution is 0.136. The lowest BCUT2D eigenvalue weighted by Crippen LogP contribution is -2.46. The fourth-order valence-electron chi connectivity index (χ4n) is 3.63. The van der Waals surface area contributed by atoms with E-state index in [1.807, 2.05) is 0 Å². The van der Waals surface area contributed by atoms with Crippen molar-refractivity contribution in [2.45, 2.75) is 33.1 Å². The Morgan fingerprint density at radius 3 is 2.50 bits per heavy atom. The molecule has 2 saturated heterocycles. The van der Waals surface area contributed by atoms with Gasteiger partial charge in [-0.2, -0.15) is 0 Å². The molecule has 0 aromatic heterocycles. The Morgan fingerprint density at radius 1 is 1.15 bits per heavy atom. The molecule has 2 aliphatic rings. The normalized spacial score (nSPS) is 22.3. The second kappa shape index (κ2) is 14.0. The van der Waals surface area contributed by atoms with Crippen LogP contribution in [-0.4, -0.2) is 99.8 Å². The predicted molar refractivity (Wildman–Crippen MR) is 121 cm³/mol. The first kappa shape index (κ1) is 23.9. The van der Waals surface area contributed by atoms with E-state index in [0.717, 1.165) is 38.8 Å². The van der Waals surface area contributed by atoms with Crippen molar-refractivity contribution in [2.75, 3.05) is 79.2 Å². The summed E-state index contributed by atoms with van der Waals surface area (Å²) in [7, 11) is 2.15. The number of nitrogens with one attached hydrogen (secondary N) is 1. The summed E-state index contributed by atoms with van der Waals surface area (Å²) in [6, 6.07) is 0. The number of aliphatic imine (C=N–C) groups is 1. The summed E-state index contributed by atoms with van der Waals surface area (Å²) in [4.78, 5) is 12.2. The molecule has 2 fully saturated rings. The van der Waals surface area contributed by atoms with Gasteiger partial charge in [-0.05, 0) is 39.3 Å². The molecule has 0 aromatic carbocycles. The van der Waals surface area contributed by atoms with Gasteiger partial charge in [-0.25, -0.2) is 0 Å². The van der Waals surface area contributed by atoms with Gasteiger partial charge in [0.2, 0.25) is 0 Å². The quantitative estimate of drug-likeness (QED) is 0.236. The molecular formula is C19H40IN5O. The van der Waals surface area contributed by atoms with Crippen LogP contribution < -0.4 is 5.32 Å². The average Bonchev–Trinajstić information content (AvgIpc) is 3.14. The zero-order chi connectivity index (χ0) is 17.9. The lowest BCUT2D eigenvalue weighted by atomic mass is 10.1. The van der Waals surface area contributed by atoms with Crippen LogP contribution in [-0.2, 0) is 4.74 Å². The molecule has 0 aliphatic carbocycles. The minimum Gasteiger partial charge on any atom is -0.381 e. The maximum atomic E-state index is 5.49. The van der Waals surface area contributed by atoms with E-state index >= 15 is 0 Å². The van der Waals surface area contributed by atoms with Crippen molar-refractivity contribution >= 4 is 29.9 Å². The van der Waals surface area contributed by atoms with Crippen LogP contribution in [0.2, 0.25) is 0 Å². The number of rotatable bonds is 9. The number of hydrogen-bond donors (Lipinski definition) is 1. The van der Waals surface area contributed by atoms with Gasteiger partial charge < -0.3 is 24.8 Å². The van der Waals surface area contributed by atoms with Crippen molar-refractivity contribution in [1.29, 1.82) is 0 Å². The van der Waals surface area contributed by atoms with Crippen LogP contribution >= 0.6 is 24.0 Å². The van der Waals surface area contributed by atoms with Gasteiger partial charge in [0.1, 0.15) is 0 Å². The highest BCUT2D eigenvalue weighted by Crippen LogP contribution is 2.13. The summed E-state index contributed by atoms with van der Waals surface area (Å²) in [6.07, 6.45) is 3.59. The van der Waals surface area contributed by atoms with E-state index in [2.05, 4.69) is 40.9 Å².